The van der Waals surface area contributed by atoms with Crippen molar-refractivity contribution in [1.82, 2.24) is 0 Å². The van der Waals surface area contributed by atoms with Gasteiger partial charge in [-0.15, -0.1) is 0 Å². The van der Waals surface area contributed by atoms with Crippen molar-refractivity contribution in [3.8, 4) is 0 Å². The van der Waals surface area contributed by atoms with E-state index in [2.05, 4.69) is 0 Å². The van der Waals surface area contributed by atoms with Gasteiger partial charge in [-0.3, -0.25) is 0 Å². The van der Waals surface area contributed by atoms with Gasteiger partial charge >= 0.3 is 0 Å². The predicted octanol–water partition coefficient (Wildman–Crippen LogP) is 4.69. The third kappa shape index (κ3) is 4.20. The molecule has 8 nitrogen and oxygen atoms in total. The molecule has 4 aromatic carbocycles. The van der Waals surface area contributed by atoms with Gasteiger partial charge in [0.15, 0.2) is 29.5 Å². The van der Waals surface area contributed by atoms with Crippen LogP contribution in [0.3, 0.4) is 0 Å². The van der Waals surface area contributed by atoms with Crippen LogP contribution in [0.25, 0.3) is 0 Å². The fourth-order valence-electron chi connectivity index (χ4n) is 7.55. The van der Waals surface area contributed by atoms with Gasteiger partial charge in [-0.05, 0) is 54.4 Å². The molecule has 0 spiro atoms. The molecule has 0 aliphatic heterocycles. The summed E-state index contributed by atoms with van der Waals surface area (Å²) in [7, 11) is -18.0. The first-order valence-electron chi connectivity index (χ1n) is 14.4. The molecule has 6 atom stereocenters. The second-order valence-electron chi connectivity index (χ2n) is 11.7. The van der Waals surface area contributed by atoms with E-state index < -0.39 is 77.3 Å². The first-order valence-corrected chi connectivity index (χ1v) is 20.5. The molecule has 0 N–H and O–H groups in total. The molecule has 236 valence electrons. The van der Waals surface area contributed by atoms with E-state index in [1.807, 2.05) is 0 Å². The third-order valence-corrected chi connectivity index (χ3v) is 18.6. The highest BCUT2D eigenvalue weighted by Crippen LogP contribution is 2.65. The van der Waals surface area contributed by atoms with E-state index in [0.29, 0.717) is 0 Å². The monoisotopic (exact) mass is 692 g/mol. The largest absolute Gasteiger partial charge is 0.223 e. The van der Waals surface area contributed by atoms with Gasteiger partial charge in [0.05, 0.1) is 29.7 Å². The van der Waals surface area contributed by atoms with Gasteiger partial charge in [0.1, 0.15) is 10.00 Å². The SMILES string of the molecule is O=S(=O)(C1=CC2C(C3C=CC2(S(=O)(=O)c2ccccc2)C3S(=O)(=O)c2ccccc2)[C@H]1S(=O)(=O)c1ccccc1)c1ccccc1. The number of fused-ring (bicyclic) bond motifs is 5. The minimum atomic E-state index is -4.57. The maximum absolute atomic E-state index is 14.9. The molecular formula is C34H28O8S4. The summed E-state index contributed by atoms with van der Waals surface area (Å²) >= 11 is 0. The second kappa shape index (κ2) is 10.6. The molecule has 0 radical (unpaired) electrons. The van der Waals surface area contributed by atoms with Crippen LogP contribution in [0, 0.1) is 17.8 Å². The van der Waals surface area contributed by atoms with E-state index in [0.717, 1.165) is 0 Å². The summed E-state index contributed by atoms with van der Waals surface area (Å²) in [5.41, 5.74) is 0. The molecule has 3 aliphatic carbocycles. The molecular weight excluding hydrogens is 665 g/mol. The van der Waals surface area contributed by atoms with Crippen LogP contribution in [-0.2, 0) is 39.3 Å². The van der Waals surface area contributed by atoms with Crippen molar-refractivity contribution in [2.45, 2.75) is 34.8 Å². The Hall–Kier alpha value is -3.84. The molecule has 0 heterocycles. The highest BCUT2D eigenvalue weighted by Gasteiger charge is 2.75. The Labute approximate surface area is 268 Å². The Bertz CT molecular complexity index is 2320. The van der Waals surface area contributed by atoms with Gasteiger partial charge in [0, 0.05) is 11.8 Å². The maximum atomic E-state index is 14.9. The van der Waals surface area contributed by atoms with Crippen molar-refractivity contribution in [2.75, 3.05) is 0 Å². The molecule has 5 unspecified atom stereocenters. The van der Waals surface area contributed by atoms with E-state index >= 15 is 0 Å². The third-order valence-electron chi connectivity index (χ3n) is 9.42. The molecule has 4 aromatic rings. The average molecular weight is 693 g/mol. The molecule has 46 heavy (non-hydrogen) atoms. The van der Waals surface area contributed by atoms with Gasteiger partial charge in [-0.1, -0.05) is 91.0 Å². The number of sulfone groups is 4. The zero-order valence-corrected chi connectivity index (χ0v) is 27.3. The Morgan fingerprint density at radius 1 is 0.500 bits per heavy atom. The Morgan fingerprint density at radius 2 is 0.935 bits per heavy atom. The second-order valence-corrected chi connectivity index (χ2v) is 19.9. The first kappa shape index (κ1) is 30.8. The molecule has 0 saturated heterocycles. The summed E-state index contributed by atoms with van der Waals surface area (Å²) in [6, 6.07) is 29.6. The Kier molecular flexibility index (Phi) is 7.09. The van der Waals surface area contributed by atoms with Crippen LogP contribution in [0.4, 0.5) is 0 Å². The van der Waals surface area contributed by atoms with Crippen LogP contribution in [-0.4, -0.2) is 48.9 Å². The number of hydrogen-bond acceptors (Lipinski definition) is 8. The van der Waals surface area contributed by atoms with E-state index in [-0.39, 0.29) is 19.6 Å². The maximum Gasteiger partial charge on any atom is 0.203 e. The molecule has 1 fully saturated rings. The van der Waals surface area contributed by atoms with Gasteiger partial charge in [0.25, 0.3) is 0 Å². The fourth-order valence-corrected chi connectivity index (χ4v) is 17.1. The summed E-state index contributed by atoms with van der Waals surface area (Å²) in [6.07, 6.45) is 4.04. The molecule has 1 saturated carbocycles. The number of allylic oxidation sites excluding steroid dienone is 2. The van der Waals surface area contributed by atoms with E-state index in [9.17, 15) is 33.7 Å². The number of rotatable bonds is 8. The lowest BCUT2D eigenvalue weighted by atomic mass is 9.85. The van der Waals surface area contributed by atoms with E-state index in [1.165, 1.54) is 115 Å². The van der Waals surface area contributed by atoms with E-state index in [4.69, 9.17) is 0 Å². The smallest absolute Gasteiger partial charge is 0.203 e. The summed E-state index contributed by atoms with van der Waals surface area (Å²) in [6.45, 7) is 0. The minimum Gasteiger partial charge on any atom is -0.223 e. The van der Waals surface area contributed by atoms with Crippen molar-refractivity contribution in [3.05, 3.63) is 144 Å². The topological polar surface area (TPSA) is 137 Å². The summed E-state index contributed by atoms with van der Waals surface area (Å²) in [4.78, 5) is -1.00. The Morgan fingerprint density at radius 3 is 1.43 bits per heavy atom. The van der Waals surface area contributed by atoms with Crippen LogP contribution in [0.5, 0.6) is 0 Å². The zero-order valence-electron chi connectivity index (χ0n) is 24.1. The zero-order chi connectivity index (χ0) is 32.5. The lowest BCUT2D eigenvalue weighted by Crippen LogP contribution is -2.50. The number of benzene rings is 4. The molecule has 3 aliphatic rings. The minimum absolute atomic E-state index is 0.107. The quantitative estimate of drug-likeness (QED) is 0.243. The average Bonchev–Trinajstić information content (AvgIpc) is 3.76. The number of hydrogen-bond donors (Lipinski definition) is 0. The first-order chi connectivity index (χ1) is 21.9. The molecule has 2 bridgehead atoms. The van der Waals surface area contributed by atoms with Crippen LogP contribution < -0.4 is 0 Å². The van der Waals surface area contributed by atoms with Crippen molar-refractivity contribution < 1.29 is 33.7 Å². The fraction of sp³-hybridized carbons (Fsp3) is 0.176. The van der Waals surface area contributed by atoms with E-state index in [1.54, 1.807) is 24.3 Å². The van der Waals surface area contributed by atoms with Crippen molar-refractivity contribution in [1.29, 1.82) is 0 Å². The van der Waals surface area contributed by atoms with Gasteiger partial charge in [0.2, 0.25) is 9.84 Å². The lowest BCUT2D eigenvalue weighted by Gasteiger charge is -2.34. The molecule has 12 heteroatoms. The predicted molar refractivity (Wildman–Crippen MR) is 173 cm³/mol. The summed E-state index contributed by atoms with van der Waals surface area (Å²) in [5.74, 6) is -3.66. The molecule has 0 aromatic heterocycles. The van der Waals surface area contributed by atoms with Crippen molar-refractivity contribution >= 4 is 39.3 Å². The highest BCUT2D eigenvalue weighted by molar-refractivity contribution is 7.99. The summed E-state index contributed by atoms with van der Waals surface area (Å²) in [5, 5.41) is -3.37. The van der Waals surface area contributed by atoms with Crippen LogP contribution >= 0.6 is 0 Å². The van der Waals surface area contributed by atoms with Crippen molar-refractivity contribution in [3.63, 3.8) is 0 Å². The van der Waals surface area contributed by atoms with Gasteiger partial charge in [-0.25, -0.2) is 33.7 Å². The molecule has 0 amide bonds. The Balaban J connectivity index is 1.54. The van der Waals surface area contributed by atoms with Crippen LogP contribution in [0.15, 0.2) is 164 Å². The lowest BCUT2D eigenvalue weighted by molar-refractivity contribution is 0.395. The highest BCUT2D eigenvalue weighted by atomic mass is 32.2. The van der Waals surface area contributed by atoms with Crippen molar-refractivity contribution in [2.24, 2.45) is 17.8 Å². The van der Waals surface area contributed by atoms with Crippen LogP contribution in [0.2, 0.25) is 0 Å². The summed E-state index contributed by atoms with van der Waals surface area (Å²) < 4.78 is 114. The van der Waals surface area contributed by atoms with Crippen LogP contribution in [0.1, 0.15) is 0 Å². The normalized spacial score (nSPS) is 27.3. The molecule has 7 rings (SSSR count). The standard InChI is InChI=1S/C34H28O8S4/c35-43(36,24-13-5-1-6-14-24)30-23-29-31(32(30)44(37,38)25-15-7-2-8-16-25)28-21-22-34(29,46(41,42)27-19-11-4-12-20-27)33(28)45(39,40)26-17-9-3-10-18-26/h1-23,28-29,31-33H/t28?,29?,31?,32-,33?,34?/m0/s1. The van der Waals surface area contributed by atoms with Gasteiger partial charge in [-0.2, -0.15) is 0 Å². The van der Waals surface area contributed by atoms with Gasteiger partial charge < -0.3 is 0 Å².